The van der Waals surface area contributed by atoms with Crippen molar-refractivity contribution in [2.75, 3.05) is 31.6 Å². The minimum Gasteiger partial charge on any atom is -0.349 e. The Bertz CT molecular complexity index is 800. The summed E-state index contributed by atoms with van der Waals surface area (Å²) in [5, 5.41) is 3.14. The molecule has 1 aliphatic heterocycles. The van der Waals surface area contributed by atoms with Gasteiger partial charge in [-0.1, -0.05) is 12.1 Å². The Morgan fingerprint density at radius 2 is 2.15 bits per heavy atom. The molecule has 1 amide bonds. The maximum absolute atomic E-state index is 12.6. The van der Waals surface area contributed by atoms with Crippen LogP contribution in [0.25, 0.3) is 11.3 Å². The van der Waals surface area contributed by atoms with Crippen molar-refractivity contribution >= 4 is 17.7 Å². The zero-order chi connectivity index (χ0) is 18.4. The van der Waals surface area contributed by atoms with Crippen LogP contribution < -0.4 is 10.9 Å². The lowest BCUT2D eigenvalue weighted by atomic mass is 10.0. The molecular weight excluding hydrogens is 348 g/mol. The lowest BCUT2D eigenvalue weighted by Gasteiger charge is -2.32. The van der Waals surface area contributed by atoms with E-state index in [9.17, 15) is 9.59 Å². The van der Waals surface area contributed by atoms with Gasteiger partial charge in [0.05, 0.1) is 12.0 Å². The van der Waals surface area contributed by atoms with Crippen molar-refractivity contribution in [2.24, 2.45) is 0 Å². The Balaban J connectivity index is 1.61. The maximum atomic E-state index is 12.6. The van der Waals surface area contributed by atoms with Gasteiger partial charge in [0.25, 0.3) is 11.5 Å². The van der Waals surface area contributed by atoms with Gasteiger partial charge in [0.2, 0.25) is 0 Å². The van der Waals surface area contributed by atoms with Gasteiger partial charge in [-0.25, -0.2) is 4.98 Å². The van der Waals surface area contributed by atoms with Crippen molar-refractivity contribution in [1.29, 1.82) is 0 Å². The number of nitrogens with one attached hydrogen (secondary N) is 2. The van der Waals surface area contributed by atoms with Crippen LogP contribution in [0.3, 0.4) is 0 Å². The van der Waals surface area contributed by atoms with Gasteiger partial charge in [-0.15, -0.1) is 0 Å². The van der Waals surface area contributed by atoms with Gasteiger partial charge in [0.1, 0.15) is 0 Å². The number of carbonyl (C=O) groups excluding carboxylic acids is 1. The van der Waals surface area contributed by atoms with Crippen LogP contribution in [-0.2, 0) is 0 Å². The highest BCUT2D eigenvalue weighted by molar-refractivity contribution is 7.98. The average molecular weight is 372 g/mol. The predicted octanol–water partition coefficient (Wildman–Crippen LogP) is 1.99. The quantitative estimate of drug-likeness (QED) is 0.811. The molecule has 2 heterocycles. The first-order chi connectivity index (χ1) is 12.7. The van der Waals surface area contributed by atoms with E-state index in [2.05, 4.69) is 26.4 Å². The number of nitrogens with zero attached hydrogens (tertiary/aromatic N) is 2. The van der Waals surface area contributed by atoms with E-state index < -0.39 is 0 Å². The maximum Gasteiger partial charge on any atom is 0.251 e. The van der Waals surface area contributed by atoms with E-state index in [1.165, 1.54) is 12.4 Å². The van der Waals surface area contributed by atoms with Crippen LogP contribution in [0.2, 0.25) is 0 Å². The fourth-order valence-corrected chi connectivity index (χ4v) is 3.58. The lowest BCUT2D eigenvalue weighted by molar-refractivity contribution is 0.0913. The number of benzene rings is 1. The third-order valence-electron chi connectivity index (χ3n) is 4.63. The van der Waals surface area contributed by atoms with Crippen LogP contribution in [0.15, 0.2) is 41.5 Å². The minimum absolute atomic E-state index is 0.0701. The van der Waals surface area contributed by atoms with Gasteiger partial charge in [0.15, 0.2) is 0 Å². The average Bonchev–Trinajstić information content (AvgIpc) is 2.67. The summed E-state index contributed by atoms with van der Waals surface area (Å²) in [4.78, 5) is 33.2. The van der Waals surface area contributed by atoms with Crippen molar-refractivity contribution in [1.82, 2.24) is 20.2 Å². The van der Waals surface area contributed by atoms with E-state index in [1.807, 2.05) is 23.9 Å². The molecule has 7 heteroatoms. The summed E-state index contributed by atoms with van der Waals surface area (Å²) in [7, 11) is 0. The van der Waals surface area contributed by atoms with Gasteiger partial charge in [0, 0.05) is 48.6 Å². The Morgan fingerprint density at radius 3 is 2.88 bits per heavy atom. The summed E-state index contributed by atoms with van der Waals surface area (Å²) >= 11 is 1.87. The van der Waals surface area contributed by atoms with E-state index in [0.717, 1.165) is 43.8 Å². The number of likely N-dealkylation sites (tertiary alicyclic amines) is 1. The molecule has 2 N–H and O–H groups in total. The van der Waals surface area contributed by atoms with Crippen LogP contribution in [0.5, 0.6) is 0 Å². The summed E-state index contributed by atoms with van der Waals surface area (Å²) in [5.74, 6) is 1.08. The third kappa shape index (κ3) is 4.95. The number of aromatic amines is 1. The molecule has 1 aromatic heterocycles. The SMILES string of the molecule is CSCCN1CCC(NC(=O)c2cccc(-c3cc(=O)[nH]cn3)c2)CC1. The second kappa shape index (κ2) is 9.00. The molecule has 0 spiro atoms. The van der Waals surface area contributed by atoms with Gasteiger partial charge in [-0.3, -0.25) is 9.59 Å². The zero-order valence-electron chi connectivity index (χ0n) is 14.9. The first-order valence-corrected chi connectivity index (χ1v) is 10.2. The first kappa shape index (κ1) is 18.7. The highest BCUT2D eigenvalue weighted by Gasteiger charge is 2.21. The summed E-state index contributed by atoms with van der Waals surface area (Å²) in [6.45, 7) is 3.18. The van der Waals surface area contributed by atoms with Crippen LogP contribution in [0.1, 0.15) is 23.2 Å². The van der Waals surface area contributed by atoms with E-state index in [-0.39, 0.29) is 17.5 Å². The number of amides is 1. The summed E-state index contributed by atoms with van der Waals surface area (Å²) in [5.41, 5.74) is 1.70. The molecule has 26 heavy (non-hydrogen) atoms. The van der Waals surface area contributed by atoms with Crippen molar-refractivity contribution in [2.45, 2.75) is 18.9 Å². The van der Waals surface area contributed by atoms with Crippen LogP contribution >= 0.6 is 11.8 Å². The van der Waals surface area contributed by atoms with E-state index in [0.29, 0.717) is 11.3 Å². The van der Waals surface area contributed by atoms with Crippen molar-refractivity contribution < 1.29 is 4.79 Å². The molecule has 0 unspecified atom stereocenters. The predicted molar refractivity (Wildman–Crippen MR) is 106 cm³/mol. The Morgan fingerprint density at radius 1 is 1.35 bits per heavy atom. The van der Waals surface area contributed by atoms with E-state index >= 15 is 0 Å². The molecule has 0 saturated carbocycles. The molecule has 0 bridgehead atoms. The van der Waals surface area contributed by atoms with Gasteiger partial charge in [-0.05, 0) is 31.2 Å². The minimum atomic E-state index is -0.210. The Labute approximate surface area is 157 Å². The highest BCUT2D eigenvalue weighted by atomic mass is 32.2. The molecule has 138 valence electrons. The fourth-order valence-electron chi connectivity index (χ4n) is 3.14. The molecule has 3 rings (SSSR count). The van der Waals surface area contributed by atoms with Gasteiger partial charge < -0.3 is 15.2 Å². The lowest BCUT2D eigenvalue weighted by Crippen LogP contribution is -2.45. The zero-order valence-corrected chi connectivity index (χ0v) is 15.7. The molecule has 1 aliphatic rings. The first-order valence-electron chi connectivity index (χ1n) is 8.83. The second-order valence-corrected chi connectivity index (χ2v) is 7.44. The van der Waals surface area contributed by atoms with Gasteiger partial charge >= 0.3 is 0 Å². The summed E-state index contributed by atoms with van der Waals surface area (Å²) < 4.78 is 0. The smallest absolute Gasteiger partial charge is 0.251 e. The summed E-state index contributed by atoms with van der Waals surface area (Å²) in [6, 6.07) is 8.89. The monoisotopic (exact) mass is 372 g/mol. The second-order valence-electron chi connectivity index (χ2n) is 6.46. The third-order valence-corrected chi connectivity index (χ3v) is 5.22. The van der Waals surface area contributed by atoms with Crippen molar-refractivity contribution in [3.05, 3.63) is 52.6 Å². The van der Waals surface area contributed by atoms with Crippen molar-refractivity contribution in [3.63, 3.8) is 0 Å². The normalized spacial score (nSPS) is 15.7. The molecule has 2 aromatic rings. The number of hydrogen-bond donors (Lipinski definition) is 2. The number of hydrogen-bond acceptors (Lipinski definition) is 5. The Kier molecular flexibility index (Phi) is 6.46. The molecular formula is C19H24N4O2S. The Hall–Kier alpha value is -2.12. The number of H-pyrrole nitrogens is 1. The van der Waals surface area contributed by atoms with Crippen LogP contribution in [0.4, 0.5) is 0 Å². The van der Waals surface area contributed by atoms with Crippen molar-refractivity contribution in [3.8, 4) is 11.3 Å². The molecule has 6 nitrogen and oxygen atoms in total. The molecule has 0 aliphatic carbocycles. The number of aromatic nitrogens is 2. The molecule has 0 radical (unpaired) electrons. The van der Waals surface area contributed by atoms with E-state index in [4.69, 9.17) is 0 Å². The number of thioether (sulfide) groups is 1. The van der Waals surface area contributed by atoms with Crippen LogP contribution in [-0.4, -0.2) is 58.5 Å². The molecule has 1 aromatic carbocycles. The fraction of sp³-hybridized carbons (Fsp3) is 0.421. The molecule has 0 atom stereocenters. The van der Waals surface area contributed by atoms with E-state index in [1.54, 1.807) is 12.1 Å². The number of piperidine rings is 1. The molecule has 1 saturated heterocycles. The highest BCUT2D eigenvalue weighted by Crippen LogP contribution is 2.17. The number of carbonyl (C=O) groups is 1. The largest absolute Gasteiger partial charge is 0.349 e. The standard InChI is InChI=1S/C19H24N4O2S/c1-26-10-9-23-7-5-16(6-8-23)22-19(25)15-4-2-3-14(11-15)17-12-18(24)21-13-20-17/h2-4,11-13,16H,5-10H2,1H3,(H,22,25)(H,20,21,24). The topological polar surface area (TPSA) is 78.1 Å². The molecule has 1 fully saturated rings. The van der Waals surface area contributed by atoms with Crippen LogP contribution in [0, 0.1) is 0 Å². The van der Waals surface area contributed by atoms with Gasteiger partial charge in [-0.2, -0.15) is 11.8 Å². The summed E-state index contributed by atoms with van der Waals surface area (Å²) in [6.07, 6.45) is 5.46. The number of rotatable bonds is 6.